The van der Waals surface area contributed by atoms with Gasteiger partial charge in [0.05, 0.1) is 12.8 Å². The van der Waals surface area contributed by atoms with Crippen molar-refractivity contribution in [2.45, 2.75) is 0 Å². The van der Waals surface area contributed by atoms with Gasteiger partial charge in [-0.1, -0.05) is 0 Å². The lowest BCUT2D eigenvalue weighted by Crippen LogP contribution is -2.25. The second kappa shape index (κ2) is 4.70. The van der Waals surface area contributed by atoms with Crippen molar-refractivity contribution in [2.24, 2.45) is 0 Å². The molecule has 0 radical (unpaired) electrons. The number of aromatic nitrogens is 2. The molecule has 19 heavy (non-hydrogen) atoms. The summed E-state index contributed by atoms with van der Waals surface area (Å²) in [6.45, 7) is 0. The van der Waals surface area contributed by atoms with Gasteiger partial charge in [0.15, 0.2) is 11.5 Å². The van der Waals surface area contributed by atoms with Crippen molar-refractivity contribution >= 4 is 0 Å². The highest BCUT2D eigenvalue weighted by molar-refractivity contribution is 5.68. The molecule has 0 unspecified atom stereocenters. The number of aromatic amines is 2. The zero-order chi connectivity index (χ0) is 14.0. The summed E-state index contributed by atoms with van der Waals surface area (Å²) in [5.41, 5.74) is -1.36. The first-order valence-corrected chi connectivity index (χ1v) is 5.21. The third-order valence-electron chi connectivity index (χ3n) is 2.52. The highest BCUT2D eigenvalue weighted by atomic mass is 16.5. The lowest BCUT2D eigenvalue weighted by Gasteiger charge is -2.07. The minimum absolute atomic E-state index is 0.0502. The van der Waals surface area contributed by atoms with Crippen LogP contribution in [0.4, 0.5) is 0 Å². The summed E-state index contributed by atoms with van der Waals surface area (Å²) in [6.07, 6.45) is 0. The number of hydrogen-bond donors (Lipinski definition) is 3. The predicted octanol–water partition coefficient (Wildman–Crippen LogP) is 0.316. The fourth-order valence-electron chi connectivity index (χ4n) is 1.66. The van der Waals surface area contributed by atoms with Gasteiger partial charge in [-0.3, -0.25) is 9.78 Å². The summed E-state index contributed by atoms with van der Waals surface area (Å²) >= 11 is 0. The maximum Gasteiger partial charge on any atom is 0.326 e. The Morgan fingerprint density at radius 2 is 2.05 bits per heavy atom. The minimum Gasteiger partial charge on any atom is -0.504 e. The van der Waals surface area contributed by atoms with Crippen molar-refractivity contribution in [3.8, 4) is 28.8 Å². The maximum absolute atomic E-state index is 11.5. The molecule has 7 nitrogen and oxygen atoms in total. The fraction of sp³-hybridized carbons (Fsp3) is 0.0833. The van der Waals surface area contributed by atoms with Crippen LogP contribution in [0, 0.1) is 11.3 Å². The zero-order valence-corrected chi connectivity index (χ0v) is 9.85. The van der Waals surface area contributed by atoms with Gasteiger partial charge < -0.3 is 14.8 Å². The fourth-order valence-corrected chi connectivity index (χ4v) is 1.66. The normalized spacial score (nSPS) is 9.89. The molecule has 0 aliphatic carbocycles. The van der Waals surface area contributed by atoms with Crippen LogP contribution >= 0.6 is 0 Å². The van der Waals surface area contributed by atoms with Gasteiger partial charge in [0.2, 0.25) is 0 Å². The molecule has 0 saturated carbocycles. The monoisotopic (exact) mass is 259 g/mol. The molecule has 0 spiro atoms. The Hall–Kier alpha value is -3.01. The molecule has 3 N–H and O–H groups in total. The van der Waals surface area contributed by atoms with E-state index in [1.54, 1.807) is 6.07 Å². The van der Waals surface area contributed by atoms with Crippen molar-refractivity contribution in [1.29, 1.82) is 5.26 Å². The van der Waals surface area contributed by atoms with Crippen LogP contribution in [0.1, 0.15) is 5.56 Å². The molecule has 96 valence electrons. The smallest absolute Gasteiger partial charge is 0.326 e. The summed E-state index contributed by atoms with van der Waals surface area (Å²) in [5.74, 6) is 0.0828. The molecule has 0 aliphatic rings. The van der Waals surface area contributed by atoms with E-state index in [-0.39, 0.29) is 22.8 Å². The number of nitrogens with one attached hydrogen (secondary N) is 2. The first-order valence-electron chi connectivity index (χ1n) is 5.21. The van der Waals surface area contributed by atoms with Gasteiger partial charge >= 0.3 is 5.69 Å². The van der Waals surface area contributed by atoms with Crippen LogP contribution in [0.3, 0.4) is 0 Å². The highest BCUT2D eigenvalue weighted by Gasteiger charge is 2.12. The number of methoxy groups -OCH3 is 1. The van der Waals surface area contributed by atoms with Crippen molar-refractivity contribution in [3.05, 3.63) is 44.6 Å². The van der Waals surface area contributed by atoms with Gasteiger partial charge in [-0.15, -0.1) is 0 Å². The van der Waals surface area contributed by atoms with Crippen LogP contribution in [0.25, 0.3) is 11.3 Å². The van der Waals surface area contributed by atoms with E-state index in [4.69, 9.17) is 10.00 Å². The van der Waals surface area contributed by atoms with Crippen LogP contribution < -0.4 is 16.0 Å². The van der Waals surface area contributed by atoms with E-state index in [0.717, 1.165) is 0 Å². The largest absolute Gasteiger partial charge is 0.504 e. The van der Waals surface area contributed by atoms with Crippen LogP contribution in [0.2, 0.25) is 0 Å². The molecule has 2 rings (SSSR count). The minimum atomic E-state index is -0.781. The second-order valence-corrected chi connectivity index (χ2v) is 3.66. The standard InChI is InChI=1S/C12H9N3O4/c1-19-9-3-2-6(4-8(9)16)10-7(5-13)11(17)15-12(18)14-10/h2-4,16H,1H3,(H2,14,15,17,18). The lowest BCUT2D eigenvalue weighted by atomic mass is 10.1. The molecule has 0 aliphatic heterocycles. The molecular weight excluding hydrogens is 250 g/mol. The van der Waals surface area contributed by atoms with E-state index in [9.17, 15) is 14.7 Å². The summed E-state index contributed by atoms with van der Waals surface area (Å²) < 4.78 is 4.89. The molecule has 2 aromatic rings. The number of aromatic hydroxyl groups is 1. The number of phenols is 1. The van der Waals surface area contributed by atoms with Gasteiger partial charge in [0.1, 0.15) is 11.6 Å². The Morgan fingerprint density at radius 1 is 1.32 bits per heavy atom. The second-order valence-electron chi connectivity index (χ2n) is 3.66. The molecule has 0 amide bonds. The first-order chi connectivity index (χ1) is 9.06. The van der Waals surface area contributed by atoms with E-state index in [1.807, 2.05) is 4.98 Å². The molecule has 0 bridgehead atoms. The first kappa shape index (κ1) is 12.4. The van der Waals surface area contributed by atoms with E-state index in [2.05, 4.69) is 4.98 Å². The number of H-pyrrole nitrogens is 2. The van der Waals surface area contributed by atoms with Crippen molar-refractivity contribution in [2.75, 3.05) is 7.11 Å². The number of ether oxygens (including phenoxy) is 1. The Morgan fingerprint density at radius 3 is 2.63 bits per heavy atom. The van der Waals surface area contributed by atoms with E-state index in [0.29, 0.717) is 5.56 Å². The average molecular weight is 259 g/mol. The van der Waals surface area contributed by atoms with Crippen molar-refractivity contribution < 1.29 is 9.84 Å². The number of rotatable bonds is 2. The quantitative estimate of drug-likeness (QED) is 0.717. The van der Waals surface area contributed by atoms with E-state index < -0.39 is 11.2 Å². The van der Waals surface area contributed by atoms with Crippen LogP contribution in [0.5, 0.6) is 11.5 Å². The molecule has 1 heterocycles. The summed E-state index contributed by atoms with van der Waals surface area (Å²) in [4.78, 5) is 27.1. The molecular formula is C12H9N3O4. The number of phenolic OH excluding ortho intramolecular Hbond substituents is 1. The van der Waals surface area contributed by atoms with Gasteiger partial charge in [0.25, 0.3) is 5.56 Å². The zero-order valence-electron chi connectivity index (χ0n) is 9.85. The van der Waals surface area contributed by atoms with Crippen LogP contribution in [0.15, 0.2) is 27.8 Å². The molecule has 1 aromatic heterocycles. The molecule has 1 aromatic carbocycles. The molecule has 0 fully saturated rings. The van der Waals surface area contributed by atoms with E-state index >= 15 is 0 Å². The highest BCUT2D eigenvalue weighted by Crippen LogP contribution is 2.30. The molecule has 0 atom stereocenters. The summed E-state index contributed by atoms with van der Waals surface area (Å²) in [5, 5.41) is 18.6. The van der Waals surface area contributed by atoms with Crippen LogP contribution in [-0.2, 0) is 0 Å². The summed E-state index contributed by atoms with van der Waals surface area (Å²) in [6, 6.07) is 5.99. The number of nitriles is 1. The number of nitrogens with zero attached hydrogens (tertiary/aromatic N) is 1. The van der Waals surface area contributed by atoms with E-state index in [1.165, 1.54) is 25.3 Å². The Bertz CT molecular complexity index is 783. The number of hydrogen-bond acceptors (Lipinski definition) is 5. The maximum atomic E-state index is 11.5. The SMILES string of the molecule is COc1ccc(-c2[nH]c(=O)[nH]c(=O)c2C#N)cc1O. The van der Waals surface area contributed by atoms with Gasteiger partial charge in [-0.2, -0.15) is 5.26 Å². The number of benzene rings is 1. The van der Waals surface area contributed by atoms with Gasteiger partial charge in [0, 0.05) is 5.56 Å². The van der Waals surface area contributed by atoms with Crippen LogP contribution in [-0.4, -0.2) is 22.2 Å². The third kappa shape index (κ3) is 2.19. The predicted molar refractivity (Wildman–Crippen MR) is 66.1 cm³/mol. The molecule has 7 heteroatoms. The summed E-state index contributed by atoms with van der Waals surface area (Å²) in [7, 11) is 1.39. The Balaban J connectivity index is 2.72. The average Bonchev–Trinajstić information content (AvgIpc) is 2.37. The molecule has 0 saturated heterocycles. The van der Waals surface area contributed by atoms with Crippen molar-refractivity contribution in [1.82, 2.24) is 9.97 Å². The third-order valence-corrected chi connectivity index (χ3v) is 2.52. The van der Waals surface area contributed by atoms with Gasteiger partial charge in [-0.25, -0.2) is 4.79 Å². The topological polar surface area (TPSA) is 119 Å². The Kier molecular flexibility index (Phi) is 3.08. The lowest BCUT2D eigenvalue weighted by molar-refractivity contribution is 0.373. The van der Waals surface area contributed by atoms with Gasteiger partial charge in [-0.05, 0) is 18.2 Å². The Labute approximate surface area is 106 Å². The van der Waals surface area contributed by atoms with Crippen molar-refractivity contribution in [3.63, 3.8) is 0 Å².